The van der Waals surface area contributed by atoms with E-state index in [2.05, 4.69) is 5.32 Å². The number of carbonyl (C=O) groups is 4. The largest absolute Gasteiger partial charge is 0.481 e. The highest BCUT2D eigenvalue weighted by molar-refractivity contribution is 5.94. The Hall–Kier alpha value is -1.76. The van der Waals surface area contributed by atoms with Crippen molar-refractivity contribution in [2.75, 3.05) is 0 Å². The maximum Gasteiger partial charge on any atom is 0.307 e. The van der Waals surface area contributed by atoms with Crippen LogP contribution in [0.2, 0.25) is 0 Å². The van der Waals surface area contributed by atoms with E-state index in [-0.39, 0.29) is 48.1 Å². The molecule has 4 atom stereocenters. The highest BCUT2D eigenvalue weighted by Crippen LogP contribution is 2.21. The smallest absolute Gasteiger partial charge is 0.307 e. The van der Waals surface area contributed by atoms with Gasteiger partial charge in [0.25, 0.3) is 0 Å². The van der Waals surface area contributed by atoms with E-state index in [1.165, 1.54) is 0 Å². The van der Waals surface area contributed by atoms with Gasteiger partial charge in [0.05, 0.1) is 18.0 Å². The van der Waals surface area contributed by atoms with Crippen LogP contribution in [0.15, 0.2) is 0 Å². The van der Waals surface area contributed by atoms with Crippen LogP contribution in [0.4, 0.5) is 0 Å². The predicted molar refractivity (Wildman–Crippen MR) is 113 cm³/mol. The summed E-state index contributed by atoms with van der Waals surface area (Å²) in [5.41, 5.74) is 5.65. The zero-order valence-electron chi connectivity index (χ0n) is 19.0. The van der Waals surface area contributed by atoms with Crippen molar-refractivity contribution in [3.05, 3.63) is 0 Å². The standard InChI is InChI=1S/C22H40N2O5/c1-12(2)8-16(10-19(25)15(7)23)21(27)24-18(9-13(3)4)20(26)11-17(14(5)6)22(28)29/h12-18H,8-11,23H2,1-7H3,(H,24,27)(H,28,29). The van der Waals surface area contributed by atoms with Gasteiger partial charge in [-0.1, -0.05) is 41.5 Å². The summed E-state index contributed by atoms with van der Waals surface area (Å²) in [5.74, 6) is -3.03. The number of Topliss-reactive ketones (excluding diaryl/α,β-unsaturated/α-hetero) is 2. The van der Waals surface area contributed by atoms with Crippen molar-refractivity contribution in [3.8, 4) is 0 Å². The van der Waals surface area contributed by atoms with E-state index in [4.69, 9.17) is 5.73 Å². The van der Waals surface area contributed by atoms with E-state index in [1.807, 2.05) is 27.7 Å². The first-order valence-corrected chi connectivity index (χ1v) is 10.6. The number of aliphatic carboxylic acids is 1. The molecule has 0 aromatic rings. The number of ketones is 2. The van der Waals surface area contributed by atoms with E-state index in [9.17, 15) is 24.3 Å². The zero-order chi connectivity index (χ0) is 22.9. The van der Waals surface area contributed by atoms with E-state index >= 15 is 0 Å². The van der Waals surface area contributed by atoms with Crippen LogP contribution in [0.1, 0.15) is 74.1 Å². The van der Waals surface area contributed by atoms with Crippen molar-refractivity contribution in [3.63, 3.8) is 0 Å². The average Bonchev–Trinajstić information content (AvgIpc) is 2.56. The monoisotopic (exact) mass is 412 g/mol. The third kappa shape index (κ3) is 10.5. The van der Waals surface area contributed by atoms with Gasteiger partial charge in [0.15, 0.2) is 5.78 Å². The van der Waals surface area contributed by atoms with Gasteiger partial charge in [-0.2, -0.15) is 0 Å². The molecule has 0 fully saturated rings. The Morgan fingerprint density at radius 3 is 1.72 bits per heavy atom. The minimum Gasteiger partial charge on any atom is -0.481 e. The van der Waals surface area contributed by atoms with E-state index < -0.39 is 29.9 Å². The van der Waals surface area contributed by atoms with Gasteiger partial charge in [-0.05, 0) is 37.5 Å². The summed E-state index contributed by atoms with van der Waals surface area (Å²) in [6.07, 6.45) is 0.841. The molecule has 4 unspecified atom stereocenters. The predicted octanol–water partition coefficient (Wildman–Crippen LogP) is 2.80. The number of carboxylic acids is 1. The minimum atomic E-state index is -1.01. The first-order valence-electron chi connectivity index (χ1n) is 10.6. The van der Waals surface area contributed by atoms with Gasteiger partial charge in [-0.3, -0.25) is 19.2 Å². The van der Waals surface area contributed by atoms with Crippen molar-refractivity contribution in [1.82, 2.24) is 5.32 Å². The SMILES string of the molecule is CC(C)CC(CC(=O)C(C)N)C(=O)NC(CC(C)C)C(=O)CC(C(=O)O)C(C)C. The van der Waals surface area contributed by atoms with E-state index in [0.29, 0.717) is 12.8 Å². The summed E-state index contributed by atoms with van der Waals surface area (Å²) in [6, 6.07) is -1.41. The van der Waals surface area contributed by atoms with Crippen LogP contribution in [-0.2, 0) is 19.2 Å². The molecular formula is C22H40N2O5. The molecule has 7 heteroatoms. The molecule has 0 aromatic carbocycles. The second-order valence-corrected chi connectivity index (χ2v) is 9.34. The highest BCUT2D eigenvalue weighted by atomic mass is 16.4. The Bertz CT molecular complexity index is 570. The molecule has 0 aliphatic carbocycles. The lowest BCUT2D eigenvalue weighted by molar-refractivity contribution is -0.145. The summed E-state index contributed by atoms with van der Waals surface area (Å²) < 4.78 is 0. The van der Waals surface area contributed by atoms with Crippen LogP contribution in [-0.4, -0.2) is 40.6 Å². The fourth-order valence-electron chi connectivity index (χ4n) is 3.28. The van der Waals surface area contributed by atoms with Crippen LogP contribution in [0.25, 0.3) is 0 Å². The van der Waals surface area contributed by atoms with Gasteiger partial charge < -0.3 is 16.2 Å². The number of nitrogens with one attached hydrogen (secondary N) is 1. The van der Waals surface area contributed by atoms with Crippen molar-refractivity contribution in [2.45, 2.75) is 86.2 Å². The van der Waals surface area contributed by atoms with Gasteiger partial charge in [0.1, 0.15) is 5.78 Å². The molecule has 0 aromatic heterocycles. The normalized spacial score (nSPS) is 15.8. The first-order chi connectivity index (χ1) is 13.3. The third-order valence-electron chi connectivity index (χ3n) is 5.04. The quantitative estimate of drug-likeness (QED) is 0.403. The van der Waals surface area contributed by atoms with Crippen LogP contribution in [0.3, 0.4) is 0 Å². The van der Waals surface area contributed by atoms with Gasteiger partial charge in [0.2, 0.25) is 5.91 Å². The number of carbonyl (C=O) groups excluding carboxylic acids is 3. The van der Waals surface area contributed by atoms with Gasteiger partial charge >= 0.3 is 5.97 Å². The van der Waals surface area contributed by atoms with Gasteiger partial charge in [-0.15, -0.1) is 0 Å². The van der Waals surface area contributed by atoms with Crippen molar-refractivity contribution >= 4 is 23.4 Å². The lowest BCUT2D eigenvalue weighted by Crippen LogP contribution is -2.46. The number of amides is 1. The second-order valence-electron chi connectivity index (χ2n) is 9.34. The topological polar surface area (TPSA) is 127 Å². The molecule has 4 N–H and O–H groups in total. The summed E-state index contributed by atoms with van der Waals surface area (Å²) in [6.45, 7) is 12.9. The van der Waals surface area contributed by atoms with Gasteiger partial charge in [0, 0.05) is 18.8 Å². The minimum absolute atomic E-state index is 0.0357. The fourth-order valence-corrected chi connectivity index (χ4v) is 3.28. The zero-order valence-corrected chi connectivity index (χ0v) is 19.0. The molecule has 7 nitrogen and oxygen atoms in total. The molecule has 1 amide bonds. The van der Waals surface area contributed by atoms with E-state index in [1.54, 1.807) is 20.8 Å². The Kier molecular flexibility index (Phi) is 12.0. The Morgan fingerprint density at radius 2 is 1.34 bits per heavy atom. The molecule has 0 saturated carbocycles. The lowest BCUT2D eigenvalue weighted by Gasteiger charge is -2.25. The Morgan fingerprint density at radius 1 is 0.828 bits per heavy atom. The molecule has 0 heterocycles. The molecule has 0 bridgehead atoms. The summed E-state index contributed by atoms with van der Waals surface area (Å²) in [7, 11) is 0. The van der Waals surface area contributed by atoms with Crippen LogP contribution in [0.5, 0.6) is 0 Å². The summed E-state index contributed by atoms with van der Waals surface area (Å²) in [5, 5.41) is 12.2. The maximum atomic E-state index is 12.9. The van der Waals surface area contributed by atoms with Crippen molar-refractivity contribution in [1.29, 1.82) is 0 Å². The Labute approximate surface area is 175 Å². The number of hydrogen-bond acceptors (Lipinski definition) is 5. The van der Waals surface area contributed by atoms with Crippen LogP contribution < -0.4 is 11.1 Å². The maximum absolute atomic E-state index is 12.9. The molecule has 168 valence electrons. The average molecular weight is 413 g/mol. The molecule has 0 saturated heterocycles. The molecular weight excluding hydrogens is 372 g/mol. The number of rotatable bonds is 14. The van der Waals surface area contributed by atoms with Crippen molar-refractivity contribution in [2.24, 2.45) is 35.3 Å². The Balaban J connectivity index is 5.43. The number of carboxylic acid groups (broad SMARTS) is 1. The molecule has 0 aliphatic heterocycles. The highest BCUT2D eigenvalue weighted by Gasteiger charge is 2.32. The molecule has 0 rings (SSSR count). The first kappa shape index (κ1) is 27.2. The molecule has 0 radical (unpaired) electrons. The molecule has 0 aliphatic rings. The fraction of sp³-hybridized carbons (Fsp3) is 0.818. The number of hydrogen-bond donors (Lipinski definition) is 3. The third-order valence-corrected chi connectivity index (χ3v) is 5.04. The van der Waals surface area contributed by atoms with Crippen LogP contribution >= 0.6 is 0 Å². The molecule has 29 heavy (non-hydrogen) atoms. The summed E-state index contributed by atoms with van der Waals surface area (Å²) in [4.78, 5) is 49.3. The number of nitrogens with two attached hydrogens (primary N) is 1. The lowest BCUT2D eigenvalue weighted by atomic mass is 9.86. The van der Waals surface area contributed by atoms with Crippen LogP contribution in [0, 0.1) is 29.6 Å². The second kappa shape index (κ2) is 12.7. The molecule has 0 spiro atoms. The summed E-state index contributed by atoms with van der Waals surface area (Å²) >= 11 is 0. The van der Waals surface area contributed by atoms with Crippen molar-refractivity contribution < 1.29 is 24.3 Å². The van der Waals surface area contributed by atoms with E-state index in [0.717, 1.165) is 0 Å². The van der Waals surface area contributed by atoms with Gasteiger partial charge in [-0.25, -0.2) is 0 Å².